The van der Waals surface area contributed by atoms with Crippen LogP contribution >= 0.6 is 0 Å². The monoisotopic (exact) mass is 153 g/mol. The van der Waals surface area contributed by atoms with E-state index >= 15 is 0 Å². The molecule has 1 heterocycles. The largest absolute Gasteiger partial charge is 0.382 e. The molecule has 0 saturated carbocycles. The van der Waals surface area contributed by atoms with Crippen LogP contribution < -0.4 is 5.32 Å². The molecule has 0 radical (unpaired) electrons. The number of allylic oxidation sites excluding steroid dienone is 2. The fourth-order valence-electron chi connectivity index (χ4n) is 1.26. The lowest BCUT2D eigenvalue weighted by Crippen LogP contribution is -2.16. The highest BCUT2D eigenvalue weighted by molar-refractivity contribution is 5.38. The van der Waals surface area contributed by atoms with Crippen molar-refractivity contribution in [2.45, 2.75) is 19.4 Å². The molecule has 1 rings (SSSR count). The SMILES string of the molecule is C=CC1=C(C(=C)F)CC(C)N1. The second-order valence-electron chi connectivity index (χ2n) is 2.75. The highest BCUT2D eigenvalue weighted by atomic mass is 19.1. The van der Waals surface area contributed by atoms with Gasteiger partial charge in [0.2, 0.25) is 0 Å². The van der Waals surface area contributed by atoms with Crippen LogP contribution in [0.15, 0.2) is 36.3 Å². The molecule has 1 unspecified atom stereocenters. The molecule has 1 aliphatic rings. The van der Waals surface area contributed by atoms with Gasteiger partial charge in [-0.15, -0.1) is 0 Å². The molecule has 0 fully saturated rings. The second-order valence-corrected chi connectivity index (χ2v) is 2.75. The summed E-state index contributed by atoms with van der Waals surface area (Å²) in [6.45, 7) is 8.84. The third kappa shape index (κ3) is 1.50. The van der Waals surface area contributed by atoms with E-state index in [1.54, 1.807) is 6.08 Å². The third-order valence-electron chi connectivity index (χ3n) is 1.77. The number of hydrogen-bond acceptors (Lipinski definition) is 1. The zero-order valence-corrected chi connectivity index (χ0v) is 6.65. The van der Waals surface area contributed by atoms with Gasteiger partial charge in [0.15, 0.2) is 0 Å². The van der Waals surface area contributed by atoms with Gasteiger partial charge in [-0.05, 0) is 19.4 Å². The molecule has 0 saturated heterocycles. The molecule has 1 aliphatic heterocycles. The number of rotatable bonds is 2. The predicted octanol–water partition coefficient (Wildman–Crippen LogP) is 2.29. The van der Waals surface area contributed by atoms with Gasteiger partial charge in [0, 0.05) is 17.3 Å². The van der Waals surface area contributed by atoms with Gasteiger partial charge >= 0.3 is 0 Å². The first-order chi connectivity index (χ1) is 5.15. The Kier molecular flexibility index (Phi) is 2.13. The molecule has 1 atom stereocenters. The minimum atomic E-state index is -0.350. The Bertz CT molecular complexity index is 228. The van der Waals surface area contributed by atoms with Gasteiger partial charge in [-0.2, -0.15) is 0 Å². The van der Waals surface area contributed by atoms with E-state index in [0.717, 1.165) is 5.70 Å². The summed E-state index contributed by atoms with van der Waals surface area (Å²) in [5, 5.41) is 3.10. The van der Waals surface area contributed by atoms with Crippen LogP contribution in [0.4, 0.5) is 4.39 Å². The number of halogens is 1. The molecule has 60 valence electrons. The number of hydrogen-bond donors (Lipinski definition) is 1. The molecule has 0 spiro atoms. The maximum absolute atomic E-state index is 12.7. The zero-order chi connectivity index (χ0) is 8.43. The van der Waals surface area contributed by atoms with E-state index in [2.05, 4.69) is 18.5 Å². The third-order valence-corrected chi connectivity index (χ3v) is 1.77. The maximum Gasteiger partial charge on any atom is 0.121 e. The van der Waals surface area contributed by atoms with Crippen LogP contribution in [-0.4, -0.2) is 6.04 Å². The minimum absolute atomic E-state index is 0.297. The second kappa shape index (κ2) is 2.91. The first-order valence-electron chi connectivity index (χ1n) is 3.62. The Morgan fingerprint density at radius 1 is 1.82 bits per heavy atom. The topological polar surface area (TPSA) is 12.0 Å². The van der Waals surface area contributed by atoms with Crippen molar-refractivity contribution in [1.82, 2.24) is 5.32 Å². The van der Waals surface area contributed by atoms with Crippen molar-refractivity contribution in [3.8, 4) is 0 Å². The standard InChI is InChI=1S/C9H12FN/c1-4-9-8(7(3)10)5-6(2)11-9/h4,6,11H,1,3,5H2,2H3. The lowest BCUT2D eigenvalue weighted by molar-refractivity contribution is 0.628. The Balaban J connectivity index is 2.88. The van der Waals surface area contributed by atoms with E-state index in [1.807, 2.05) is 6.92 Å². The summed E-state index contributed by atoms with van der Waals surface area (Å²) in [6, 6.07) is 0.297. The average Bonchev–Trinajstić information content (AvgIpc) is 2.30. The fraction of sp³-hybridized carbons (Fsp3) is 0.333. The van der Waals surface area contributed by atoms with E-state index in [1.165, 1.54) is 0 Å². The van der Waals surface area contributed by atoms with Crippen molar-refractivity contribution >= 4 is 0 Å². The van der Waals surface area contributed by atoms with Gasteiger partial charge in [0.25, 0.3) is 0 Å². The lowest BCUT2D eigenvalue weighted by atomic mass is 10.1. The molecule has 11 heavy (non-hydrogen) atoms. The summed E-state index contributed by atoms with van der Waals surface area (Å²) in [5.74, 6) is -0.350. The number of nitrogens with one attached hydrogen (secondary N) is 1. The van der Waals surface area contributed by atoms with Crippen LogP contribution in [0.1, 0.15) is 13.3 Å². The van der Waals surface area contributed by atoms with Gasteiger partial charge in [0.1, 0.15) is 5.83 Å². The normalized spacial score (nSPS) is 23.3. The van der Waals surface area contributed by atoms with Crippen LogP contribution in [0.25, 0.3) is 0 Å². The van der Waals surface area contributed by atoms with Crippen molar-refractivity contribution in [2.24, 2.45) is 0 Å². The molecule has 0 aromatic carbocycles. The highest BCUT2D eigenvalue weighted by Gasteiger charge is 2.19. The summed E-state index contributed by atoms with van der Waals surface area (Å²) in [7, 11) is 0. The van der Waals surface area contributed by atoms with Crippen molar-refractivity contribution in [1.29, 1.82) is 0 Å². The van der Waals surface area contributed by atoms with E-state index in [9.17, 15) is 4.39 Å². The van der Waals surface area contributed by atoms with Crippen molar-refractivity contribution in [2.75, 3.05) is 0 Å². The van der Waals surface area contributed by atoms with E-state index in [0.29, 0.717) is 18.0 Å². The Morgan fingerprint density at radius 2 is 2.45 bits per heavy atom. The molecule has 0 amide bonds. The molecule has 0 aromatic rings. The van der Waals surface area contributed by atoms with E-state index in [4.69, 9.17) is 0 Å². The highest BCUT2D eigenvalue weighted by Crippen LogP contribution is 2.25. The van der Waals surface area contributed by atoms with Crippen molar-refractivity contribution < 1.29 is 4.39 Å². The Morgan fingerprint density at radius 3 is 2.82 bits per heavy atom. The molecule has 0 bridgehead atoms. The summed E-state index contributed by atoms with van der Waals surface area (Å²) >= 11 is 0. The lowest BCUT2D eigenvalue weighted by Gasteiger charge is -2.02. The Labute approximate surface area is 66.3 Å². The zero-order valence-electron chi connectivity index (χ0n) is 6.65. The van der Waals surface area contributed by atoms with Crippen LogP contribution in [0, 0.1) is 0 Å². The molecule has 0 aromatic heterocycles. The summed E-state index contributed by atoms with van der Waals surface area (Å²) in [5.41, 5.74) is 1.44. The van der Waals surface area contributed by atoms with Gasteiger partial charge in [-0.1, -0.05) is 13.2 Å². The first-order valence-corrected chi connectivity index (χ1v) is 3.62. The van der Waals surface area contributed by atoms with E-state index in [-0.39, 0.29) is 5.83 Å². The van der Waals surface area contributed by atoms with Gasteiger partial charge in [-0.25, -0.2) is 4.39 Å². The van der Waals surface area contributed by atoms with Crippen LogP contribution in [0.3, 0.4) is 0 Å². The fourth-order valence-corrected chi connectivity index (χ4v) is 1.26. The van der Waals surface area contributed by atoms with Crippen LogP contribution in [0.5, 0.6) is 0 Å². The molecule has 2 heteroatoms. The Hall–Kier alpha value is -1.05. The minimum Gasteiger partial charge on any atom is -0.382 e. The van der Waals surface area contributed by atoms with Crippen LogP contribution in [0.2, 0.25) is 0 Å². The maximum atomic E-state index is 12.7. The molecule has 0 aliphatic carbocycles. The van der Waals surface area contributed by atoms with Gasteiger partial charge in [-0.3, -0.25) is 0 Å². The quantitative estimate of drug-likeness (QED) is 0.641. The summed E-state index contributed by atoms with van der Waals surface area (Å²) < 4.78 is 12.7. The smallest absolute Gasteiger partial charge is 0.121 e. The van der Waals surface area contributed by atoms with Gasteiger partial charge in [0.05, 0.1) is 0 Å². The molecule has 1 nitrogen and oxygen atoms in total. The van der Waals surface area contributed by atoms with Crippen molar-refractivity contribution in [3.05, 3.63) is 36.3 Å². The summed E-state index contributed by atoms with van der Waals surface area (Å²) in [4.78, 5) is 0. The van der Waals surface area contributed by atoms with E-state index < -0.39 is 0 Å². The summed E-state index contributed by atoms with van der Waals surface area (Å²) in [6.07, 6.45) is 2.33. The van der Waals surface area contributed by atoms with Crippen molar-refractivity contribution in [3.63, 3.8) is 0 Å². The van der Waals surface area contributed by atoms with Gasteiger partial charge < -0.3 is 5.32 Å². The predicted molar refractivity (Wildman–Crippen MR) is 44.7 cm³/mol. The average molecular weight is 153 g/mol. The molecular formula is C9H12FN. The van der Waals surface area contributed by atoms with Crippen LogP contribution in [-0.2, 0) is 0 Å². The first kappa shape index (κ1) is 8.05. The molecular weight excluding hydrogens is 141 g/mol. The molecule has 1 N–H and O–H groups in total.